The molecule has 0 radical (unpaired) electrons. The fourth-order valence-electron chi connectivity index (χ4n) is 5.61. The van der Waals surface area contributed by atoms with E-state index in [2.05, 4.69) is 58.7 Å². The van der Waals surface area contributed by atoms with E-state index >= 15 is 0 Å². The smallest absolute Gasteiger partial charge is 0.207 e. The van der Waals surface area contributed by atoms with Crippen molar-refractivity contribution in [1.82, 2.24) is 10.2 Å². The van der Waals surface area contributed by atoms with Crippen LogP contribution in [0.1, 0.15) is 55.2 Å². The number of nitrogens with zero attached hydrogens (tertiary/aromatic N) is 1. The Morgan fingerprint density at radius 2 is 1.43 bits per heavy atom. The van der Waals surface area contributed by atoms with E-state index in [4.69, 9.17) is 11.6 Å². The van der Waals surface area contributed by atoms with E-state index < -0.39 is 5.60 Å². The number of rotatable bonds is 12. The van der Waals surface area contributed by atoms with Crippen molar-refractivity contribution in [1.29, 1.82) is 0 Å². The number of benzene rings is 3. The highest BCUT2D eigenvalue weighted by Crippen LogP contribution is 2.37. The van der Waals surface area contributed by atoms with Gasteiger partial charge in [-0.05, 0) is 61.1 Å². The average molecular weight is 542 g/mol. The molecule has 198 valence electrons. The molecule has 4 nitrogen and oxygen atoms in total. The second kappa shape index (κ2) is 14.0. The highest BCUT2D eigenvalue weighted by molar-refractivity contribution is 6.30. The lowest BCUT2D eigenvalue weighted by Gasteiger charge is -2.38. The second-order valence-corrected chi connectivity index (χ2v) is 10.4. The number of aliphatic hydroxyl groups is 1. The number of hydrogen-bond donors (Lipinski definition) is 2. The molecule has 1 heterocycles. The SMILES string of the molecule is Cl.O=CNCC(CCCCCN1CCC(O)(c2ccc(Cl)cc2)CC1)(c1ccccc1)c1ccccc1. The summed E-state index contributed by atoms with van der Waals surface area (Å²) in [6, 6.07) is 28.7. The van der Waals surface area contributed by atoms with Gasteiger partial charge in [-0.1, -0.05) is 97.2 Å². The van der Waals surface area contributed by atoms with E-state index in [9.17, 15) is 9.90 Å². The van der Waals surface area contributed by atoms with Gasteiger partial charge in [-0.25, -0.2) is 0 Å². The van der Waals surface area contributed by atoms with Gasteiger partial charge in [0.15, 0.2) is 0 Å². The van der Waals surface area contributed by atoms with Crippen LogP contribution in [0, 0.1) is 0 Å². The van der Waals surface area contributed by atoms with Crippen molar-refractivity contribution in [2.75, 3.05) is 26.2 Å². The van der Waals surface area contributed by atoms with E-state index in [0.717, 1.165) is 70.1 Å². The van der Waals surface area contributed by atoms with Gasteiger partial charge in [-0.15, -0.1) is 12.4 Å². The van der Waals surface area contributed by atoms with Crippen molar-refractivity contribution < 1.29 is 9.90 Å². The van der Waals surface area contributed by atoms with Gasteiger partial charge < -0.3 is 15.3 Å². The number of carbonyl (C=O) groups excluding carboxylic acids is 1. The fourth-order valence-corrected chi connectivity index (χ4v) is 5.74. The van der Waals surface area contributed by atoms with E-state index in [1.807, 2.05) is 36.4 Å². The molecule has 3 aromatic carbocycles. The molecule has 1 aliphatic heterocycles. The molecule has 1 aliphatic rings. The Bertz CT molecular complexity index is 1030. The van der Waals surface area contributed by atoms with Gasteiger partial charge in [0.05, 0.1) is 5.60 Å². The summed E-state index contributed by atoms with van der Waals surface area (Å²) in [6.07, 6.45) is 6.60. The Labute approximate surface area is 232 Å². The first-order valence-corrected chi connectivity index (χ1v) is 13.4. The molecule has 3 aromatic rings. The molecular formula is C31H38Cl2N2O2. The van der Waals surface area contributed by atoms with Gasteiger partial charge in [0.25, 0.3) is 0 Å². The van der Waals surface area contributed by atoms with Crippen LogP contribution in [0.5, 0.6) is 0 Å². The second-order valence-electron chi connectivity index (χ2n) is 10.0. The number of amides is 1. The number of carbonyl (C=O) groups is 1. The van der Waals surface area contributed by atoms with Crippen LogP contribution in [0.25, 0.3) is 0 Å². The van der Waals surface area contributed by atoms with E-state index in [1.165, 1.54) is 11.1 Å². The van der Waals surface area contributed by atoms with Crippen molar-refractivity contribution in [2.24, 2.45) is 0 Å². The van der Waals surface area contributed by atoms with Gasteiger partial charge in [-0.2, -0.15) is 0 Å². The molecule has 0 spiro atoms. The summed E-state index contributed by atoms with van der Waals surface area (Å²) in [6.45, 7) is 3.44. The van der Waals surface area contributed by atoms with Crippen LogP contribution >= 0.6 is 24.0 Å². The van der Waals surface area contributed by atoms with Crippen LogP contribution in [-0.4, -0.2) is 42.6 Å². The monoisotopic (exact) mass is 540 g/mol. The zero-order valence-corrected chi connectivity index (χ0v) is 22.9. The maximum atomic E-state index is 11.3. The summed E-state index contributed by atoms with van der Waals surface area (Å²) >= 11 is 6.02. The molecule has 6 heteroatoms. The zero-order chi connectivity index (χ0) is 25.3. The van der Waals surface area contributed by atoms with Crippen LogP contribution < -0.4 is 5.32 Å². The summed E-state index contributed by atoms with van der Waals surface area (Å²) in [5.74, 6) is 0. The first-order valence-electron chi connectivity index (χ1n) is 13.0. The highest BCUT2D eigenvalue weighted by Gasteiger charge is 2.35. The number of piperidine rings is 1. The van der Waals surface area contributed by atoms with Crippen LogP contribution in [0.15, 0.2) is 84.9 Å². The van der Waals surface area contributed by atoms with Gasteiger partial charge in [0.2, 0.25) is 6.41 Å². The Morgan fingerprint density at radius 3 is 1.97 bits per heavy atom. The van der Waals surface area contributed by atoms with Crippen molar-refractivity contribution in [3.05, 3.63) is 107 Å². The Hall–Kier alpha value is -2.37. The van der Waals surface area contributed by atoms with Crippen molar-refractivity contribution in [2.45, 2.75) is 49.5 Å². The van der Waals surface area contributed by atoms with Crippen LogP contribution in [-0.2, 0) is 15.8 Å². The lowest BCUT2D eigenvalue weighted by atomic mass is 9.71. The third-order valence-electron chi connectivity index (χ3n) is 7.78. The molecule has 0 aliphatic carbocycles. The fraction of sp³-hybridized carbons (Fsp3) is 0.387. The summed E-state index contributed by atoms with van der Waals surface area (Å²) in [7, 11) is 0. The van der Waals surface area contributed by atoms with Crippen LogP contribution in [0.4, 0.5) is 0 Å². The molecular weight excluding hydrogens is 503 g/mol. The molecule has 0 saturated carbocycles. The number of hydrogen-bond acceptors (Lipinski definition) is 3. The predicted octanol–water partition coefficient (Wildman–Crippen LogP) is 6.34. The number of nitrogens with one attached hydrogen (secondary N) is 1. The minimum Gasteiger partial charge on any atom is -0.385 e. The van der Waals surface area contributed by atoms with Gasteiger partial charge in [0, 0.05) is 30.1 Å². The minimum absolute atomic E-state index is 0. The first kappa shape index (κ1) is 29.2. The van der Waals surface area contributed by atoms with Gasteiger partial charge in [-0.3, -0.25) is 4.79 Å². The van der Waals surface area contributed by atoms with Crippen molar-refractivity contribution >= 4 is 30.4 Å². The van der Waals surface area contributed by atoms with Crippen molar-refractivity contribution in [3.8, 4) is 0 Å². The molecule has 2 N–H and O–H groups in total. The maximum Gasteiger partial charge on any atom is 0.207 e. The molecule has 37 heavy (non-hydrogen) atoms. The third-order valence-corrected chi connectivity index (χ3v) is 8.03. The maximum absolute atomic E-state index is 11.3. The van der Waals surface area contributed by atoms with E-state index in [1.54, 1.807) is 0 Å². The Balaban J connectivity index is 0.00000380. The predicted molar refractivity (Wildman–Crippen MR) is 154 cm³/mol. The number of halogens is 2. The molecule has 1 amide bonds. The summed E-state index contributed by atoms with van der Waals surface area (Å²) in [5.41, 5.74) is 2.45. The standard InChI is InChI=1S/C31H37ClN2O2.ClH/c32-29-16-14-28(15-17-29)31(36)19-22-34(23-20-31)21-9-3-8-18-30(24-33-25-35,26-10-4-1-5-11-26)27-12-6-2-7-13-27;/h1-2,4-7,10-17,25,36H,3,8-9,18-24H2,(H,33,35);1H. The molecule has 0 atom stereocenters. The van der Waals surface area contributed by atoms with E-state index in [-0.39, 0.29) is 17.8 Å². The topological polar surface area (TPSA) is 52.6 Å². The lowest BCUT2D eigenvalue weighted by molar-refractivity contribution is -0.109. The number of likely N-dealkylation sites (tertiary alicyclic amines) is 1. The van der Waals surface area contributed by atoms with Crippen LogP contribution in [0.2, 0.25) is 5.02 Å². The lowest BCUT2D eigenvalue weighted by Crippen LogP contribution is -2.42. The Morgan fingerprint density at radius 1 is 0.865 bits per heavy atom. The molecule has 0 aromatic heterocycles. The summed E-state index contributed by atoms with van der Waals surface area (Å²) < 4.78 is 0. The first-order chi connectivity index (χ1) is 17.6. The molecule has 0 unspecified atom stereocenters. The molecule has 4 rings (SSSR count). The minimum atomic E-state index is -0.752. The largest absolute Gasteiger partial charge is 0.385 e. The molecule has 0 bridgehead atoms. The molecule has 1 saturated heterocycles. The van der Waals surface area contributed by atoms with Crippen molar-refractivity contribution in [3.63, 3.8) is 0 Å². The van der Waals surface area contributed by atoms with Crippen LogP contribution in [0.3, 0.4) is 0 Å². The zero-order valence-electron chi connectivity index (χ0n) is 21.3. The summed E-state index contributed by atoms with van der Waals surface area (Å²) in [4.78, 5) is 13.7. The quantitative estimate of drug-likeness (QED) is 0.208. The van der Waals surface area contributed by atoms with Gasteiger partial charge in [0.1, 0.15) is 0 Å². The summed E-state index contributed by atoms with van der Waals surface area (Å²) in [5, 5.41) is 14.8. The van der Waals surface area contributed by atoms with E-state index in [0.29, 0.717) is 11.6 Å². The average Bonchev–Trinajstić information content (AvgIpc) is 2.93. The van der Waals surface area contributed by atoms with Gasteiger partial charge >= 0.3 is 0 Å². The number of unbranched alkanes of at least 4 members (excludes halogenated alkanes) is 2. The highest BCUT2D eigenvalue weighted by atomic mass is 35.5. The normalized spacial score (nSPS) is 15.5. The Kier molecular flexibility index (Phi) is 11.0. The third kappa shape index (κ3) is 7.36. The molecule has 1 fully saturated rings.